The highest BCUT2D eigenvalue weighted by Crippen LogP contribution is 2.38. The number of aryl methyl sites for hydroxylation is 5. The Hall–Kier alpha value is -3.21. The Morgan fingerprint density at radius 3 is 2.34 bits per heavy atom. The first-order valence-corrected chi connectivity index (χ1v) is 9.84. The lowest BCUT2D eigenvalue weighted by atomic mass is 9.85. The van der Waals surface area contributed by atoms with Gasteiger partial charge in [0.2, 0.25) is 5.91 Å². The summed E-state index contributed by atoms with van der Waals surface area (Å²) < 4.78 is 1.75. The van der Waals surface area contributed by atoms with E-state index in [-0.39, 0.29) is 18.1 Å². The number of nitrogens with zero attached hydrogens (tertiary/aromatic N) is 2. The van der Waals surface area contributed by atoms with E-state index in [1.807, 2.05) is 65.0 Å². The van der Waals surface area contributed by atoms with Crippen LogP contribution in [-0.4, -0.2) is 21.5 Å². The zero-order chi connectivity index (χ0) is 20.9. The standard InChI is InChI=1S/C24H25N3O2/c1-13-8-14(2)10-19(9-13)27-24-22(17(5)26-27)20(12-21(28)25-24)23(29)18-7-6-15(3)16(4)11-18/h6-11,20H,12H2,1-5H3,(H,25,28)/t20-/m0/s1. The van der Waals surface area contributed by atoms with Crippen LogP contribution < -0.4 is 5.32 Å². The largest absolute Gasteiger partial charge is 0.310 e. The van der Waals surface area contributed by atoms with Gasteiger partial charge in [0, 0.05) is 17.5 Å². The Morgan fingerprint density at radius 2 is 1.69 bits per heavy atom. The Morgan fingerprint density at radius 1 is 1.00 bits per heavy atom. The summed E-state index contributed by atoms with van der Waals surface area (Å²) in [6.07, 6.45) is 0.137. The molecule has 0 saturated carbocycles. The molecule has 0 aliphatic carbocycles. The second kappa shape index (κ2) is 6.99. The van der Waals surface area contributed by atoms with Crippen molar-refractivity contribution in [3.63, 3.8) is 0 Å². The molecule has 3 aromatic rings. The third-order valence-electron chi connectivity index (χ3n) is 5.66. The smallest absolute Gasteiger partial charge is 0.226 e. The van der Waals surface area contributed by atoms with E-state index >= 15 is 0 Å². The van der Waals surface area contributed by atoms with E-state index in [0.29, 0.717) is 11.4 Å². The van der Waals surface area contributed by atoms with E-state index in [9.17, 15) is 9.59 Å². The van der Waals surface area contributed by atoms with Crippen molar-refractivity contribution in [1.29, 1.82) is 0 Å². The Labute approximate surface area is 170 Å². The molecular formula is C24H25N3O2. The van der Waals surface area contributed by atoms with Crippen LogP contribution in [0.15, 0.2) is 36.4 Å². The average molecular weight is 387 g/mol. The van der Waals surface area contributed by atoms with Crippen LogP contribution in [0, 0.1) is 34.6 Å². The third-order valence-corrected chi connectivity index (χ3v) is 5.66. The molecule has 1 aromatic heterocycles. The molecule has 0 unspecified atom stereocenters. The number of carbonyl (C=O) groups excluding carboxylic acids is 2. The van der Waals surface area contributed by atoms with E-state index in [2.05, 4.69) is 16.5 Å². The second-order valence-electron chi connectivity index (χ2n) is 8.07. The first kappa shape index (κ1) is 19.1. The molecule has 148 valence electrons. The van der Waals surface area contributed by atoms with Crippen molar-refractivity contribution in [3.05, 3.63) is 75.5 Å². The average Bonchev–Trinajstić information content (AvgIpc) is 2.98. The van der Waals surface area contributed by atoms with E-state index in [4.69, 9.17) is 0 Å². The van der Waals surface area contributed by atoms with E-state index in [1.165, 1.54) is 0 Å². The zero-order valence-electron chi connectivity index (χ0n) is 17.5. The zero-order valence-corrected chi connectivity index (χ0v) is 17.5. The molecule has 4 rings (SSSR count). The van der Waals surface area contributed by atoms with Crippen LogP contribution in [0.3, 0.4) is 0 Å². The normalized spacial score (nSPS) is 15.8. The molecule has 0 bridgehead atoms. The summed E-state index contributed by atoms with van der Waals surface area (Å²) >= 11 is 0. The minimum absolute atomic E-state index is 0.0349. The molecule has 1 atom stereocenters. The van der Waals surface area contributed by atoms with Crippen LogP contribution in [0.25, 0.3) is 5.69 Å². The number of ketones is 1. The SMILES string of the molecule is Cc1cc(C)cc(-n2nc(C)c3c2NC(=O)C[C@@H]3C(=O)c2ccc(C)c(C)c2)c1. The van der Waals surface area contributed by atoms with Crippen molar-refractivity contribution in [3.8, 4) is 5.69 Å². The predicted molar refractivity (Wildman–Crippen MR) is 114 cm³/mol. The van der Waals surface area contributed by atoms with Gasteiger partial charge in [-0.25, -0.2) is 4.68 Å². The number of benzene rings is 2. The lowest BCUT2D eigenvalue weighted by Gasteiger charge is -2.23. The highest BCUT2D eigenvalue weighted by Gasteiger charge is 2.36. The Bertz CT molecular complexity index is 1140. The Balaban J connectivity index is 1.83. The summed E-state index contributed by atoms with van der Waals surface area (Å²) in [6.45, 7) is 9.98. The van der Waals surface area contributed by atoms with Crippen molar-refractivity contribution in [2.75, 3.05) is 5.32 Å². The number of rotatable bonds is 3. The molecule has 1 amide bonds. The van der Waals surface area contributed by atoms with Gasteiger partial charge in [0.25, 0.3) is 0 Å². The van der Waals surface area contributed by atoms with Gasteiger partial charge in [-0.1, -0.05) is 18.2 Å². The number of aromatic nitrogens is 2. The van der Waals surface area contributed by atoms with Gasteiger partial charge in [0.1, 0.15) is 5.82 Å². The molecule has 0 spiro atoms. The number of hydrogen-bond donors (Lipinski definition) is 1. The maximum atomic E-state index is 13.4. The van der Waals surface area contributed by atoms with Crippen molar-refractivity contribution in [2.45, 2.75) is 47.0 Å². The molecule has 2 aromatic carbocycles. The van der Waals surface area contributed by atoms with Crippen LogP contribution in [0.4, 0.5) is 5.82 Å². The molecule has 1 aliphatic heterocycles. The monoisotopic (exact) mass is 387 g/mol. The predicted octanol–water partition coefficient (Wildman–Crippen LogP) is 4.72. The van der Waals surface area contributed by atoms with Crippen molar-refractivity contribution >= 4 is 17.5 Å². The first-order valence-electron chi connectivity index (χ1n) is 9.84. The summed E-state index contributed by atoms with van der Waals surface area (Å²) in [5.74, 6) is -0.121. The summed E-state index contributed by atoms with van der Waals surface area (Å²) in [5.41, 5.74) is 7.54. The van der Waals surface area contributed by atoms with Crippen LogP contribution in [-0.2, 0) is 4.79 Å². The molecule has 0 saturated heterocycles. The number of Topliss-reactive ketones (excluding diaryl/α,β-unsaturated/α-hetero) is 1. The number of amides is 1. The van der Waals surface area contributed by atoms with E-state index in [1.54, 1.807) is 4.68 Å². The topological polar surface area (TPSA) is 64.0 Å². The van der Waals surface area contributed by atoms with Crippen molar-refractivity contribution in [2.24, 2.45) is 0 Å². The van der Waals surface area contributed by atoms with Crippen LogP contribution in [0.1, 0.15) is 56.2 Å². The maximum Gasteiger partial charge on any atom is 0.226 e. The molecule has 5 nitrogen and oxygen atoms in total. The molecule has 1 N–H and O–H groups in total. The minimum Gasteiger partial charge on any atom is -0.310 e. The van der Waals surface area contributed by atoms with Crippen molar-refractivity contribution in [1.82, 2.24) is 9.78 Å². The molecule has 2 heterocycles. The van der Waals surface area contributed by atoms with Crippen LogP contribution in [0.2, 0.25) is 0 Å². The molecule has 5 heteroatoms. The fraction of sp³-hybridized carbons (Fsp3) is 0.292. The Kier molecular flexibility index (Phi) is 4.61. The van der Waals surface area contributed by atoms with Crippen LogP contribution >= 0.6 is 0 Å². The number of anilines is 1. The van der Waals surface area contributed by atoms with Gasteiger partial charge in [0.05, 0.1) is 17.3 Å². The highest BCUT2D eigenvalue weighted by molar-refractivity contribution is 6.08. The van der Waals surface area contributed by atoms with Crippen molar-refractivity contribution < 1.29 is 9.59 Å². The van der Waals surface area contributed by atoms with Gasteiger partial charge in [-0.15, -0.1) is 0 Å². The molecule has 1 aliphatic rings. The van der Waals surface area contributed by atoms with E-state index < -0.39 is 5.92 Å². The number of hydrogen-bond acceptors (Lipinski definition) is 3. The summed E-state index contributed by atoms with van der Waals surface area (Å²) in [6, 6.07) is 11.9. The number of nitrogens with one attached hydrogen (secondary N) is 1. The van der Waals surface area contributed by atoms with Gasteiger partial charge in [-0.3, -0.25) is 9.59 Å². The van der Waals surface area contributed by atoms with Gasteiger partial charge < -0.3 is 5.32 Å². The summed E-state index contributed by atoms with van der Waals surface area (Å²) in [4.78, 5) is 25.9. The summed E-state index contributed by atoms with van der Waals surface area (Å²) in [7, 11) is 0. The van der Waals surface area contributed by atoms with Gasteiger partial charge >= 0.3 is 0 Å². The maximum absolute atomic E-state index is 13.4. The summed E-state index contributed by atoms with van der Waals surface area (Å²) in [5, 5.41) is 7.64. The number of fused-ring (bicyclic) bond motifs is 1. The third kappa shape index (κ3) is 3.37. The lowest BCUT2D eigenvalue weighted by Crippen LogP contribution is -2.28. The molecule has 29 heavy (non-hydrogen) atoms. The fourth-order valence-corrected chi connectivity index (χ4v) is 4.13. The second-order valence-corrected chi connectivity index (χ2v) is 8.07. The molecule has 0 radical (unpaired) electrons. The molecule has 0 fully saturated rings. The van der Waals surface area contributed by atoms with Gasteiger partial charge in [-0.2, -0.15) is 5.10 Å². The fourth-order valence-electron chi connectivity index (χ4n) is 4.13. The van der Waals surface area contributed by atoms with E-state index in [0.717, 1.165) is 39.2 Å². The quantitative estimate of drug-likeness (QED) is 0.661. The highest BCUT2D eigenvalue weighted by atomic mass is 16.2. The van der Waals surface area contributed by atoms with Crippen LogP contribution in [0.5, 0.6) is 0 Å². The first-order chi connectivity index (χ1) is 13.7. The van der Waals surface area contributed by atoms with Gasteiger partial charge in [-0.05, 0) is 75.1 Å². The number of carbonyl (C=O) groups is 2. The molecular weight excluding hydrogens is 362 g/mol. The van der Waals surface area contributed by atoms with Gasteiger partial charge in [0.15, 0.2) is 5.78 Å². The lowest BCUT2D eigenvalue weighted by molar-refractivity contribution is -0.116. The minimum atomic E-state index is -0.527.